The zero-order chi connectivity index (χ0) is 10.4. The SMILES string of the molecule is CCOC(=O)C(N)=NN(C)C(C)=O. The molecule has 0 unspecified atom stereocenters. The van der Waals surface area contributed by atoms with Gasteiger partial charge in [-0.15, -0.1) is 5.10 Å². The maximum Gasteiger partial charge on any atom is 0.375 e. The number of carbonyl (C=O) groups is 2. The highest BCUT2D eigenvalue weighted by Crippen LogP contribution is 1.86. The van der Waals surface area contributed by atoms with Crippen LogP contribution < -0.4 is 5.73 Å². The summed E-state index contributed by atoms with van der Waals surface area (Å²) in [7, 11) is 1.40. The molecule has 0 heterocycles. The van der Waals surface area contributed by atoms with E-state index in [1.54, 1.807) is 6.92 Å². The van der Waals surface area contributed by atoms with Gasteiger partial charge >= 0.3 is 5.97 Å². The Kier molecular flexibility index (Phi) is 4.50. The highest BCUT2D eigenvalue weighted by atomic mass is 16.5. The number of amidine groups is 1. The molecule has 0 spiro atoms. The second kappa shape index (κ2) is 5.13. The van der Waals surface area contributed by atoms with Crippen molar-refractivity contribution in [2.24, 2.45) is 10.8 Å². The van der Waals surface area contributed by atoms with Crippen molar-refractivity contribution < 1.29 is 14.3 Å². The lowest BCUT2D eigenvalue weighted by atomic mass is 10.6. The number of amides is 1. The molecule has 0 aliphatic heterocycles. The summed E-state index contributed by atoms with van der Waals surface area (Å²) in [6.45, 7) is 3.18. The van der Waals surface area contributed by atoms with E-state index >= 15 is 0 Å². The van der Waals surface area contributed by atoms with Crippen molar-refractivity contribution >= 4 is 17.7 Å². The van der Waals surface area contributed by atoms with Gasteiger partial charge in [0.05, 0.1) is 6.61 Å². The molecule has 0 aliphatic rings. The van der Waals surface area contributed by atoms with Crippen molar-refractivity contribution in [3.63, 3.8) is 0 Å². The van der Waals surface area contributed by atoms with E-state index in [9.17, 15) is 9.59 Å². The molecule has 13 heavy (non-hydrogen) atoms. The molecule has 0 aromatic carbocycles. The Morgan fingerprint density at radius 1 is 1.54 bits per heavy atom. The van der Waals surface area contributed by atoms with Gasteiger partial charge in [0.2, 0.25) is 11.7 Å². The Morgan fingerprint density at radius 3 is 2.46 bits per heavy atom. The normalized spacial score (nSPS) is 10.8. The molecule has 1 amide bonds. The first-order valence-corrected chi connectivity index (χ1v) is 3.74. The van der Waals surface area contributed by atoms with Crippen molar-refractivity contribution in [3.05, 3.63) is 0 Å². The largest absolute Gasteiger partial charge is 0.460 e. The van der Waals surface area contributed by atoms with Crippen molar-refractivity contribution in [3.8, 4) is 0 Å². The summed E-state index contributed by atoms with van der Waals surface area (Å²) >= 11 is 0. The summed E-state index contributed by atoms with van der Waals surface area (Å²) in [6.07, 6.45) is 0. The van der Waals surface area contributed by atoms with Gasteiger partial charge < -0.3 is 10.5 Å². The maximum atomic E-state index is 10.9. The number of rotatable bonds is 2. The molecule has 0 atom stereocenters. The standard InChI is InChI=1S/C7H13N3O3/c1-4-13-7(12)6(8)9-10(3)5(2)11/h4H2,1-3H3,(H2,8,9). The number of nitrogens with two attached hydrogens (primary N) is 1. The number of hydrogen-bond donors (Lipinski definition) is 1. The van der Waals surface area contributed by atoms with E-state index in [0.717, 1.165) is 5.01 Å². The van der Waals surface area contributed by atoms with Crippen LogP contribution in [0, 0.1) is 0 Å². The lowest BCUT2D eigenvalue weighted by Gasteiger charge is -2.08. The van der Waals surface area contributed by atoms with Gasteiger partial charge in [0.15, 0.2) is 0 Å². The van der Waals surface area contributed by atoms with Crippen LogP contribution in [0.1, 0.15) is 13.8 Å². The van der Waals surface area contributed by atoms with Gasteiger partial charge in [0, 0.05) is 14.0 Å². The van der Waals surface area contributed by atoms with E-state index in [1.165, 1.54) is 14.0 Å². The first-order valence-electron chi connectivity index (χ1n) is 3.74. The molecule has 6 heteroatoms. The zero-order valence-corrected chi connectivity index (χ0v) is 7.90. The van der Waals surface area contributed by atoms with E-state index in [0.29, 0.717) is 0 Å². The maximum absolute atomic E-state index is 10.9. The smallest absolute Gasteiger partial charge is 0.375 e. The Labute approximate surface area is 76.3 Å². The third-order valence-electron chi connectivity index (χ3n) is 1.20. The fourth-order valence-corrected chi connectivity index (χ4v) is 0.478. The third-order valence-corrected chi connectivity index (χ3v) is 1.20. The van der Waals surface area contributed by atoms with Crippen LogP contribution in [0.15, 0.2) is 5.10 Å². The molecule has 0 bridgehead atoms. The molecular weight excluding hydrogens is 174 g/mol. The summed E-state index contributed by atoms with van der Waals surface area (Å²) in [5, 5.41) is 4.46. The van der Waals surface area contributed by atoms with E-state index in [-0.39, 0.29) is 18.3 Å². The highest BCUT2D eigenvalue weighted by molar-refractivity contribution is 6.34. The minimum Gasteiger partial charge on any atom is -0.460 e. The molecule has 0 radical (unpaired) electrons. The van der Waals surface area contributed by atoms with Crippen LogP contribution in [0.4, 0.5) is 0 Å². The Morgan fingerprint density at radius 2 is 2.08 bits per heavy atom. The van der Waals surface area contributed by atoms with Crippen LogP contribution in [-0.4, -0.2) is 36.4 Å². The number of carbonyl (C=O) groups excluding carboxylic acids is 2. The van der Waals surface area contributed by atoms with E-state index in [1.807, 2.05) is 0 Å². The molecule has 0 aromatic heterocycles. The second-order valence-electron chi connectivity index (χ2n) is 2.25. The number of hydrazone groups is 1. The summed E-state index contributed by atoms with van der Waals surface area (Å²) < 4.78 is 4.55. The van der Waals surface area contributed by atoms with Crippen LogP contribution in [0.25, 0.3) is 0 Å². The molecular formula is C7H13N3O3. The predicted octanol–water partition coefficient (Wildman–Crippen LogP) is -0.700. The molecule has 0 saturated carbocycles. The molecule has 0 aliphatic carbocycles. The molecule has 6 nitrogen and oxygen atoms in total. The van der Waals surface area contributed by atoms with Gasteiger partial charge in [0.25, 0.3) is 0 Å². The van der Waals surface area contributed by atoms with Crippen LogP contribution >= 0.6 is 0 Å². The molecule has 2 N–H and O–H groups in total. The lowest BCUT2D eigenvalue weighted by Crippen LogP contribution is -2.30. The zero-order valence-electron chi connectivity index (χ0n) is 7.90. The minimum atomic E-state index is -0.726. The average molecular weight is 187 g/mol. The molecule has 74 valence electrons. The average Bonchev–Trinajstić information content (AvgIpc) is 2.04. The van der Waals surface area contributed by atoms with E-state index in [2.05, 4.69) is 9.84 Å². The van der Waals surface area contributed by atoms with Gasteiger partial charge in [-0.1, -0.05) is 0 Å². The predicted molar refractivity (Wildman–Crippen MR) is 46.7 cm³/mol. The van der Waals surface area contributed by atoms with Crippen LogP contribution in [0.3, 0.4) is 0 Å². The topological polar surface area (TPSA) is 85.0 Å². The number of esters is 1. The van der Waals surface area contributed by atoms with Gasteiger partial charge in [-0.2, -0.15) is 0 Å². The summed E-state index contributed by atoms with van der Waals surface area (Å²) in [4.78, 5) is 21.6. The van der Waals surface area contributed by atoms with Crippen molar-refractivity contribution in [2.75, 3.05) is 13.7 Å². The molecule has 0 aromatic rings. The minimum absolute atomic E-state index is 0.221. The Hall–Kier alpha value is -1.59. The number of ether oxygens (including phenoxy) is 1. The fraction of sp³-hybridized carbons (Fsp3) is 0.571. The van der Waals surface area contributed by atoms with E-state index in [4.69, 9.17) is 5.73 Å². The van der Waals surface area contributed by atoms with E-state index < -0.39 is 5.97 Å². The van der Waals surface area contributed by atoms with Crippen LogP contribution in [0.2, 0.25) is 0 Å². The molecule has 0 saturated heterocycles. The van der Waals surface area contributed by atoms with Gasteiger partial charge in [-0.05, 0) is 6.92 Å². The number of nitrogens with zero attached hydrogens (tertiary/aromatic N) is 2. The highest BCUT2D eigenvalue weighted by Gasteiger charge is 2.09. The summed E-state index contributed by atoms with van der Waals surface area (Å²) in [5.41, 5.74) is 5.22. The number of hydrogen-bond acceptors (Lipinski definition) is 4. The fourth-order valence-electron chi connectivity index (χ4n) is 0.478. The van der Waals surface area contributed by atoms with Crippen LogP contribution in [-0.2, 0) is 14.3 Å². The molecule has 0 fully saturated rings. The Balaban J connectivity index is 4.31. The second-order valence-corrected chi connectivity index (χ2v) is 2.25. The van der Waals surface area contributed by atoms with Crippen LogP contribution in [0.5, 0.6) is 0 Å². The van der Waals surface area contributed by atoms with Gasteiger partial charge in [0.1, 0.15) is 0 Å². The molecule has 0 rings (SSSR count). The monoisotopic (exact) mass is 187 g/mol. The lowest BCUT2D eigenvalue weighted by molar-refractivity contribution is -0.135. The van der Waals surface area contributed by atoms with Gasteiger partial charge in [-0.3, -0.25) is 4.79 Å². The first kappa shape index (κ1) is 11.4. The van der Waals surface area contributed by atoms with Crippen molar-refractivity contribution in [2.45, 2.75) is 13.8 Å². The Bertz CT molecular complexity index is 237. The first-order chi connectivity index (χ1) is 5.99. The quantitative estimate of drug-likeness (QED) is 0.268. The van der Waals surface area contributed by atoms with Crippen molar-refractivity contribution in [1.29, 1.82) is 0 Å². The summed E-state index contributed by atoms with van der Waals surface area (Å²) in [5.74, 6) is -1.37. The third kappa shape index (κ3) is 4.09. The van der Waals surface area contributed by atoms with Crippen molar-refractivity contribution in [1.82, 2.24) is 5.01 Å². The van der Waals surface area contributed by atoms with Gasteiger partial charge in [-0.25, -0.2) is 9.80 Å². The summed E-state index contributed by atoms with van der Waals surface area (Å²) in [6, 6.07) is 0.